The summed E-state index contributed by atoms with van der Waals surface area (Å²) in [5, 5.41) is 3.15. The van der Waals surface area contributed by atoms with Gasteiger partial charge in [0.25, 0.3) is 0 Å². The molecule has 0 aliphatic heterocycles. The zero-order valence-electron chi connectivity index (χ0n) is 8.82. The fourth-order valence-corrected chi connectivity index (χ4v) is 1.17. The molecule has 0 spiro atoms. The molecule has 0 aromatic heterocycles. The molecule has 80 valence electrons. The molecule has 0 heterocycles. The van der Waals surface area contributed by atoms with Crippen molar-refractivity contribution in [3.8, 4) is 0 Å². The van der Waals surface area contributed by atoms with Gasteiger partial charge in [0.1, 0.15) is 0 Å². The van der Waals surface area contributed by atoms with Crippen LogP contribution < -0.4 is 5.32 Å². The lowest BCUT2D eigenvalue weighted by Gasteiger charge is -2.04. The molecule has 0 aliphatic carbocycles. The molecule has 1 rings (SSSR count). The zero-order valence-corrected chi connectivity index (χ0v) is 8.82. The quantitative estimate of drug-likeness (QED) is 0.590. The van der Waals surface area contributed by atoms with Crippen molar-refractivity contribution in [3.05, 3.63) is 42.5 Å². The molecule has 3 nitrogen and oxygen atoms in total. The van der Waals surface area contributed by atoms with Gasteiger partial charge in [-0.2, -0.15) is 0 Å². The Morgan fingerprint density at radius 3 is 2.67 bits per heavy atom. The van der Waals surface area contributed by atoms with E-state index in [-0.39, 0.29) is 5.97 Å². The largest absolute Gasteiger partial charge is 0.469 e. The summed E-state index contributed by atoms with van der Waals surface area (Å²) in [5.41, 5.74) is 1.97. The number of carbonyl (C=O) groups is 1. The van der Waals surface area contributed by atoms with Crippen LogP contribution in [0, 0.1) is 0 Å². The van der Waals surface area contributed by atoms with Gasteiger partial charge in [-0.15, -0.1) is 6.58 Å². The monoisotopic (exact) mass is 205 g/mol. The van der Waals surface area contributed by atoms with E-state index in [0.717, 1.165) is 17.8 Å². The molecule has 0 unspecified atom stereocenters. The van der Waals surface area contributed by atoms with Crippen LogP contribution in [0.3, 0.4) is 0 Å². The fourth-order valence-electron chi connectivity index (χ4n) is 1.17. The van der Waals surface area contributed by atoms with Crippen molar-refractivity contribution in [2.45, 2.75) is 6.42 Å². The minimum Gasteiger partial charge on any atom is -0.469 e. The van der Waals surface area contributed by atoms with Gasteiger partial charge in [-0.1, -0.05) is 18.2 Å². The fraction of sp³-hybridized carbons (Fsp3) is 0.250. The lowest BCUT2D eigenvalue weighted by atomic mass is 10.1. The molecule has 0 aliphatic rings. The predicted octanol–water partition coefficient (Wildman–Crippen LogP) is 2.00. The van der Waals surface area contributed by atoms with Crippen LogP contribution in [0.1, 0.15) is 5.56 Å². The van der Waals surface area contributed by atoms with Crippen molar-refractivity contribution in [2.75, 3.05) is 19.0 Å². The topological polar surface area (TPSA) is 38.3 Å². The summed E-state index contributed by atoms with van der Waals surface area (Å²) in [5.74, 6) is -0.221. The van der Waals surface area contributed by atoms with Crippen LogP contribution in [-0.4, -0.2) is 19.6 Å². The van der Waals surface area contributed by atoms with Crippen LogP contribution in [0.4, 0.5) is 5.69 Å². The first-order valence-corrected chi connectivity index (χ1v) is 4.77. The van der Waals surface area contributed by atoms with E-state index in [1.54, 1.807) is 6.08 Å². The number of esters is 1. The molecule has 0 bridgehead atoms. The Kier molecular flexibility index (Phi) is 4.41. The first kappa shape index (κ1) is 11.3. The van der Waals surface area contributed by atoms with Crippen LogP contribution >= 0.6 is 0 Å². The SMILES string of the molecule is C=CCNc1ccc(CC(=O)OC)cc1. The van der Waals surface area contributed by atoms with Crippen molar-refractivity contribution in [1.82, 2.24) is 0 Å². The highest BCUT2D eigenvalue weighted by Crippen LogP contribution is 2.09. The van der Waals surface area contributed by atoms with Gasteiger partial charge in [0.15, 0.2) is 0 Å². The third-order valence-electron chi connectivity index (χ3n) is 1.98. The van der Waals surface area contributed by atoms with Crippen molar-refractivity contribution in [3.63, 3.8) is 0 Å². The minimum atomic E-state index is -0.221. The van der Waals surface area contributed by atoms with Gasteiger partial charge in [-0.3, -0.25) is 4.79 Å². The van der Waals surface area contributed by atoms with E-state index in [9.17, 15) is 4.79 Å². The Hall–Kier alpha value is -1.77. The number of benzene rings is 1. The normalized spacial score (nSPS) is 9.40. The number of carbonyl (C=O) groups excluding carboxylic acids is 1. The average molecular weight is 205 g/mol. The van der Waals surface area contributed by atoms with Crippen molar-refractivity contribution < 1.29 is 9.53 Å². The summed E-state index contributed by atoms with van der Waals surface area (Å²) < 4.78 is 4.58. The third kappa shape index (κ3) is 3.85. The van der Waals surface area contributed by atoms with Crippen molar-refractivity contribution >= 4 is 11.7 Å². The number of rotatable bonds is 5. The van der Waals surface area contributed by atoms with Crippen LogP contribution in [-0.2, 0) is 16.0 Å². The first-order chi connectivity index (χ1) is 7.26. The maximum atomic E-state index is 11.0. The van der Waals surface area contributed by atoms with Gasteiger partial charge in [0.2, 0.25) is 0 Å². The van der Waals surface area contributed by atoms with Gasteiger partial charge >= 0.3 is 5.97 Å². The Morgan fingerprint density at radius 1 is 1.47 bits per heavy atom. The van der Waals surface area contributed by atoms with E-state index in [2.05, 4.69) is 16.6 Å². The van der Waals surface area contributed by atoms with Crippen molar-refractivity contribution in [1.29, 1.82) is 0 Å². The highest BCUT2D eigenvalue weighted by molar-refractivity contribution is 5.72. The van der Waals surface area contributed by atoms with E-state index in [4.69, 9.17) is 0 Å². The maximum absolute atomic E-state index is 11.0. The number of anilines is 1. The second-order valence-corrected chi connectivity index (χ2v) is 3.12. The molecule has 0 amide bonds. The van der Waals surface area contributed by atoms with Gasteiger partial charge in [-0.25, -0.2) is 0 Å². The van der Waals surface area contributed by atoms with Crippen LogP contribution in [0.15, 0.2) is 36.9 Å². The summed E-state index contributed by atoms with van der Waals surface area (Å²) in [4.78, 5) is 11.0. The molecule has 0 saturated carbocycles. The van der Waals surface area contributed by atoms with Gasteiger partial charge in [0, 0.05) is 12.2 Å². The number of nitrogens with one attached hydrogen (secondary N) is 1. The molecular formula is C12H15NO2. The number of hydrogen-bond donors (Lipinski definition) is 1. The molecule has 1 N–H and O–H groups in total. The van der Waals surface area contributed by atoms with E-state index >= 15 is 0 Å². The number of ether oxygens (including phenoxy) is 1. The Balaban J connectivity index is 2.55. The standard InChI is InChI=1S/C12H15NO2/c1-3-8-13-11-6-4-10(5-7-11)9-12(14)15-2/h3-7,13H,1,8-9H2,2H3. The smallest absolute Gasteiger partial charge is 0.309 e. The number of hydrogen-bond acceptors (Lipinski definition) is 3. The van der Waals surface area contributed by atoms with E-state index in [1.165, 1.54) is 7.11 Å². The minimum absolute atomic E-state index is 0.221. The lowest BCUT2D eigenvalue weighted by molar-refractivity contribution is -0.139. The van der Waals surface area contributed by atoms with Crippen LogP contribution in [0.25, 0.3) is 0 Å². The molecule has 1 aromatic rings. The number of methoxy groups -OCH3 is 1. The molecule has 15 heavy (non-hydrogen) atoms. The van der Waals surface area contributed by atoms with Crippen molar-refractivity contribution in [2.24, 2.45) is 0 Å². The van der Waals surface area contributed by atoms with E-state index in [0.29, 0.717) is 6.42 Å². The summed E-state index contributed by atoms with van der Waals surface area (Å²) in [7, 11) is 1.39. The van der Waals surface area contributed by atoms with Crippen LogP contribution in [0.5, 0.6) is 0 Å². The average Bonchev–Trinajstić information content (AvgIpc) is 2.28. The van der Waals surface area contributed by atoms with Gasteiger partial charge in [-0.05, 0) is 17.7 Å². The third-order valence-corrected chi connectivity index (χ3v) is 1.98. The molecule has 0 fully saturated rings. The summed E-state index contributed by atoms with van der Waals surface area (Å²) in [6.07, 6.45) is 2.11. The van der Waals surface area contributed by atoms with E-state index in [1.807, 2.05) is 24.3 Å². The lowest BCUT2D eigenvalue weighted by Crippen LogP contribution is -2.04. The van der Waals surface area contributed by atoms with E-state index < -0.39 is 0 Å². The molecule has 0 radical (unpaired) electrons. The highest BCUT2D eigenvalue weighted by atomic mass is 16.5. The Morgan fingerprint density at radius 2 is 2.13 bits per heavy atom. The predicted molar refractivity (Wildman–Crippen MR) is 60.8 cm³/mol. The molecule has 0 saturated heterocycles. The van der Waals surface area contributed by atoms with Gasteiger partial charge < -0.3 is 10.1 Å². The molecule has 3 heteroatoms. The molecule has 1 aromatic carbocycles. The second-order valence-electron chi connectivity index (χ2n) is 3.12. The highest BCUT2D eigenvalue weighted by Gasteiger charge is 2.01. The maximum Gasteiger partial charge on any atom is 0.309 e. The first-order valence-electron chi connectivity index (χ1n) is 4.77. The van der Waals surface area contributed by atoms with Crippen LogP contribution in [0.2, 0.25) is 0 Å². The van der Waals surface area contributed by atoms with Gasteiger partial charge in [0.05, 0.1) is 13.5 Å². The summed E-state index contributed by atoms with van der Waals surface area (Å²) >= 11 is 0. The molecule has 0 atom stereocenters. The second kappa shape index (κ2) is 5.86. The zero-order chi connectivity index (χ0) is 11.1. The summed E-state index contributed by atoms with van der Waals surface area (Å²) in [6, 6.07) is 7.67. The molecular weight excluding hydrogens is 190 g/mol. The summed E-state index contributed by atoms with van der Waals surface area (Å²) in [6.45, 7) is 4.35. The Labute approximate surface area is 89.8 Å². The Bertz CT molecular complexity index is 330.